The monoisotopic (exact) mass is 203 g/mol. The Morgan fingerprint density at radius 2 is 1.60 bits per heavy atom. The van der Waals surface area contributed by atoms with Gasteiger partial charge in [0.25, 0.3) is 0 Å². The van der Waals surface area contributed by atoms with E-state index in [-0.39, 0.29) is 6.04 Å². The number of nitrogens with two attached hydrogens (primary N) is 1. The third-order valence-electron chi connectivity index (χ3n) is 4.01. The maximum Gasteiger partial charge on any atom is 0.0352 e. The van der Waals surface area contributed by atoms with E-state index in [9.17, 15) is 0 Å². The van der Waals surface area contributed by atoms with E-state index in [0.29, 0.717) is 5.41 Å². The number of hydrogen-bond donors (Lipinski definition) is 1. The van der Waals surface area contributed by atoms with Gasteiger partial charge in [-0.25, -0.2) is 0 Å². The lowest BCUT2D eigenvalue weighted by atomic mass is 9.88. The van der Waals surface area contributed by atoms with Crippen molar-refractivity contribution in [3.63, 3.8) is 0 Å². The number of hydrogen-bond acceptors (Lipinski definition) is 1. The molecule has 1 aromatic carbocycles. The van der Waals surface area contributed by atoms with Gasteiger partial charge in [0.2, 0.25) is 0 Å². The second kappa shape index (κ2) is 3.34. The summed E-state index contributed by atoms with van der Waals surface area (Å²) in [6.07, 6.45) is 2.56. The fraction of sp³-hybridized carbons (Fsp3) is 0.571. The van der Waals surface area contributed by atoms with Crippen LogP contribution in [0.15, 0.2) is 12.1 Å². The van der Waals surface area contributed by atoms with Gasteiger partial charge in [-0.1, -0.05) is 19.1 Å². The van der Waals surface area contributed by atoms with E-state index >= 15 is 0 Å². The smallest absolute Gasteiger partial charge is 0.0352 e. The van der Waals surface area contributed by atoms with Crippen LogP contribution in [-0.4, -0.2) is 0 Å². The Morgan fingerprint density at radius 3 is 2.13 bits per heavy atom. The van der Waals surface area contributed by atoms with Gasteiger partial charge in [-0.2, -0.15) is 0 Å². The molecular weight excluding hydrogens is 182 g/mol. The summed E-state index contributed by atoms with van der Waals surface area (Å²) in [7, 11) is 0. The van der Waals surface area contributed by atoms with Gasteiger partial charge in [-0.3, -0.25) is 0 Å². The molecule has 0 radical (unpaired) electrons. The van der Waals surface area contributed by atoms with E-state index in [0.717, 1.165) is 0 Å². The molecule has 1 atom stereocenters. The first-order chi connectivity index (χ1) is 6.94. The zero-order chi connectivity index (χ0) is 11.2. The summed E-state index contributed by atoms with van der Waals surface area (Å²) in [4.78, 5) is 0. The van der Waals surface area contributed by atoms with Crippen LogP contribution in [-0.2, 0) is 0 Å². The molecule has 1 saturated carbocycles. The van der Waals surface area contributed by atoms with Crippen LogP contribution in [0, 0.1) is 26.2 Å². The Labute approximate surface area is 92.7 Å². The first-order valence-electron chi connectivity index (χ1n) is 5.77. The van der Waals surface area contributed by atoms with Crippen molar-refractivity contribution >= 4 is 0 Å². The first kappa shape index (κ1) is 10.7. The average Bonchev–Trinajstić information content (AvgIpc) is 2.90. The van der Waals surface area contributed by atoms with Crippen LogP contribution in [0.2, 0.25) is 0 Å². The third kappa shape index (κ3) is 1.81. The van der Waals surface area contributed by atoms with Gasteiger partial charge in [0, 0.05) is 6.04 Å². The van der Waals surface area contributed by atoms with E-state index in [2.05, 4.69) is 39.8 Å². The van der Waals surface area contributed by atoms with Gasteiger partial charge in [-0.15, -0.1) is 0 Å². The second-order valence-corrected chi connectivity index (χ2v) is 5.42. The summed E-state index contributed by atoms with van der Waals surface area (Å²) in [6, 6.07) is 4.76. The molecule has 2 rings (SSSR count). The van der Waals surface area contributed by atoms with Gasteiger partial charge in [0.05, 0.1) is 0 Å². The van der Waals surface area contributed by atoms with E-state index in [1.807, 2.05) is 0 Å². The van der Waals surface area contributed by atoms with Crippen LogP contribution in [0.25, 0.3) is 0 Å². The molecule has 0 aromatic heterocycles. The first-order valence-corrected chi connectivity index (χ1v) is 5.77. The highest BCUT2D eigenvalue weighted by Crippen LogP contribution is 2.53. The van der Waals surface area contributed by atoms with Crippen molar-refractivity contribution in [2.75, 3.05) is 0 Å². The van der Waals surface area contributed by atoms with Crippen LogP contribution in [0.5, 0.6) is 0 Å². The molecule has 2 N–H and O–H groups in total. The quantitative estimate of drug-likeness (QED) is 0.783. The van der Waals surface area contributed by atoms with Crippen molar-refractivity contribution < 1.29 is 0 Å². The standard InChI is InChI=1S/C14H21N/c1-9-7-11(3)12(8-10(9)2)13(15)14(4)5-6-14/h7-8,13H,5-6,15H2,1-4H3. The van der Waals surface area contributed by atoms with Gasteiger partial charge < -0.3 is 5.73 Å². The van der Waals surface area contributed by atoms with Crippen molar-refractivity contribution in [1.82, 2.24) is 0 Å². The number of rotatable bonds is 2. The average molecular weight is 203 g/mol. The van der Waals surface area contributed by atoms with E-state index < -0.39 is 0 Å². The lowest BCUT2D eigenvalue weighted by Gasteiger charge is -2.22. The molecule has 15 heavy (non-hydrogen) atoms. The predicted molar refractivity (Wildman–Crippen MR) is 64.9 cm³/mol. The minimum absolute atomic E-state index is 0.219. The molecule has 82 valence electrons. The van der Waals surface area contributed by atoms with Gasteiger partial charge in [0.1, 0.15) is 0 Å². The molecule has 0 amide bonds. The molecule has 0 bridgehead atoms. The highest BCUT2D eigenvalue weighted by molar-refractivity contribution is 5.39. The van der Waals surface area contributed by atoms with E-state index in [1.54, 1.807) is 0 Å². The fourth-order valence-corrected chi connectivity index (χ4v) is 2.20. The molecule has 1 heteroatoms. The zero-order valence-corrected chi connectivity index (χ0v) is 10.2. The molecule has 1 fully saturated rings. The summed E-state index contributed by atoms with van der Waals surface area (Å²) in [6.45, 7) is 8.80. The summed E-state index contributed by atoms with van der Waals surface area (Å²) in [5.74, 6) is 0. The molecule has 0 saturated heterocycles. The molecule has 1 aliphatic carbocycles. The number of benzene rings is 1. The van der Waals surface area contributed by atoms with Crippen molar-refractivity contribution in [3.05, 3.63) is 34.4 Å². The molecule has 0 aliphatic heterocycles. The normalized spacial score (nSPS) is 20.1. The largest absolute Gasteiger partial charge is 0.323 e. The maximum absolute atomic E-state index is 6.35. The lowest BCUT2D eigenvalue weighted by molar-refractivity contribution is 0.449. The molecule has 0 spiro atoms. The summed E-state index contributed by atoms with van der Waals surface area (Å²) >= 11 is 0. The van der Waals surface area contributed by atoms with E-state index in [4.69, 9.17) is 5.73 Å². The van der Waals surface area contributed by atoms with Gasteiger partial charge >= 0.3 is 0 Å². The van der Waals surface area contributed by atoms with Crippen molar-refractivity contribution in [2.45, 2.75) is 46.6 Å². The van der Waals surface area contributed by atoms with Crippen LogP contribution in [0.1, 0.15) is 48.1 Å². The Balaban J connectivity index is 2.39. The van der Waals surface area contributed by atoms with Crippen molar-refractivity contribution in [3.8, 4) is 0 Å². The zero-order valence-electron chi connectivity index (χ0n) is 10.2. The van der Waals surface area contributed by atoms with Gasteiger partial charge in [0.15, 0.2) is 0 Å². The third-order valence-corrected chi connectivity index (χ3v) is 4.01. The fourth-order valence-electron chi connectivity index (χ4n) is 2.20. The SMILES string of the molecule is Cc1cc(C)c(C(N)C2(C)CC2)cc1C. The number of aryl methyl sites for hydroxylation is 3. The van der Waals surface area contributed by atoms with Crippen LogP contribution in [0.4, 0.5) is 0 Å². The van der Waals surface area contributed by atoms with Crippen LogP contribution >= 0.6 is 0 Å². The Kier molecular flexibility index (Phi) is 2.38. The summed E-state index contributed by atoms with van der Waals surface area (Å²) in [5.41, 5.74) is 12.1. The minimum Gasteiger partial charge on any atom is -0.323 e. The lowest BCUT2D eigenvalue weighted by Crippen LogP contribution is -2.21. The van der Waals surface area contributed by atoms with Gasteiger partial charge in [-0.05, 0) is 61.3 Å². The van der Waals surface area contributed by atoms with Crippen LogP contribution in [0.3, 0.4) is 0 Å². The molecular formula is C14H21N. The maximum atomic E-state index is 6.35. The summed E-state index contributed by atoms with van der Waals surface area (Å²) in [5, 5.41) is 0. The topological polar surface area (TPSA) is 26.0 Å². The van der Waals surface area contributed by atoms with Crippen molar-refractivity contribution in [1.29, 1.82) is 0 Å². The second-order valence-electron chi connectivity index (χ2n) is 5.42. The van der Waals surface area contributed by atoms with Crippen LogP contribution < -0.4 is 5.73 Å². The summed E-state index contributed by atoms with van der Waals surface area (Å²) < 4.78 is 0. The highest BCUT2D eigenvalue weighted by atomic mass is 14.7. The minimum atomic E-state index is 0.219. The Hall–Kier alpha value is -0.820. The Bertz CT molecular complexity index is 389. The molecule has 1 aliphatic rings. The Morgan fingerprint density at radius 1 is 1.07 bits per heavy atom. The highest BCUT2D eigenvalue weighted by Gasteiger charge is 2.44. The molecule has 1 aromatic rings. The predicted octanol–water partition coefficient (Wildman–Crippen LogP) is 3.41. The van der Waals surface area contributed by atoms with E-state index in [1.165, 1.54) is 35.1 Å². The molecule has 1 unspecified atom stereocenters. The van der Waals surface area contributed by atoms with Crippen molar-refractivity contribution in [2.24, 2.45) is 11.1 Å². The molecule has 0 heterocycles. The molecule has 1 nitrogen and oxygen atoms in total.